The monoisotopic (exact) mass is 625 g/mol. The second-order valence-electron chi connectivity index (χ2n) is 12.0. The van der Waals surface area contributed by atoms with Crippen LogP contribution >= 0.6 is 0 Å². The van der Waals surface area contributed by atoms with Gasteiger partial charge in [-0.25, -0.2) is 8.42 Å². The Bertz CT molecular complexity index is 1670. The number of anilines is 1. The van der Waals surface area contributed by atoms with Crippen LogP contribution in [0.4, 0.5) is 5.69 Å². The van der Waals surface area contributed by atoms with Gasteiger partial charge in [-0.1, -0.05) is 98.3 Å². The SMILES string of the molecule is Cc1ccc(S(=O)(=O)N(CC(=O)N(Cc2ccccc2)[C@H](Cc2ccccc2)C(=O)NCC(C)C)c2cc(C)cc(C)c2)cc1. The van der Waals surface area contributed by atoms with Crippen LogP contribution in [-0.4, -0.2) is 44.3 Å². The van der Waals surface area contributed by atoms with Gasteiger partial charge in [0.25, 0.3) is 10.0 Å². The van der Waals surface area contributed by atoms with Crippen molar-refractivity contribution in [3.05, 3.63) is 131 Å². The Balaban J connectivity index is 1.81. The maximum absolute atomic E-state index is 14.5. The Kier molecular flexibility index (Phi) is 11.2. The molecule has 2 amide bonds. The van der Waals surface area contributed by atoms with Gasteiger partial charge in [0.2, 0.25) is 11.8 Å². The molecule has 0 aromatic heterocycles. The summed E-state index contributed by atoms with van der Waals surface area (Å²) in [6.45, 7) is 9.81. The van der Waals surface area contributed by atoms with E-state index in [4.69, 9.17) is 0 Å². The highest BCUT2D eigenvalue weighted by Crippen LogP contribution is 2.27. The molecule has 8 heteroatoms. The lowest BCUT2D eigenvalue weighted by atomic mass is 10.0. The Morgan fingerprint density at radius 3 is 1.84 bits per heavy atom. The molecule has 1 N–H and O–H groups in total. The van der Waals surface area contributed by atoms with Crippen molar-refractivity contribution in [1.29, 1.82) is 0 Å². The third-order valence-corrected chi connectivity index (χ3v) is 9.32. The summed E-state index contributed by atoms with van der Waals surface area (Å²) in [4.78, 5) is 30.0. The molecule has 0 heterocycles. The van der Waals surface area contributed by atoms with E-state index in [1.165, 1.54) is 9.21 Å². The molecule has 0 spiro atoms. The smallest absolute Gasteiger partial charge is 0.264 e. The Morgan fingerprint density at radius 2 is 1.29 bits per heavy atom. The van der Waals surface area contributed by atoms with E-state index in [0.717, 1.165) is 27.8 Å². The van der Waals surface area contributed by atoms with E-state index in [9.17, 15) is 18.0 Å². The Morgan fingerprint density at radius 1 is 0.733 bits per heavy atom. The summed E-state index contributed by atoms with van der Waals surface area (Å²) in [5.41, 5.74) is 4.79. The largest absolute Gasteiger partial charge is 0.354 e. The van der Waals surface area contributed by atoms with Crippen LogP contribution in [-0.2, 0) is 32.6 Å². The topological polar surface area (TPSA) is 86.8 Å². The molecule has 0 unspecified atom stereocenters. The summed E-state index contributed by atoms with van der Waals surface area (Å²) in [6, 6.07) is 30.2. The fourth-order valence-corrected chi connectivity index (χ4v) is 6.62. The van der Waals surface area contributed by atoms with Crippen molar-refractivity contribution in [3.63, 3.8) is 0 Å². The Hall–Kier alpha value is -4.43. The molecular formula is C37H43N3O4S. The lowest BCUT2D eigenvalue weighted by Crippen LogP contribution is -2.53. The maximum atomic E-state index is 14.5. The molecule has 45 heavy (non-hydrogen) atoms. The molecule has 0 aliphatic rings. The van der Waals surface area contributed by atoms with Gasteiger partial charge in [0.05, 0.1) is 10.6 Å². The highest BCUT2D eigenvalue weighted by atomic mass is 32.2. The quantitative estimate of drug-likeness (QED) is 0.191. The molecule has 4 rings (SSSR count). The summed E-state index contributed by atoms with van der Waals surface area (Å²) < 4.78 is 29.6. The number of carbonyl (C=O) groups is 2. The van der Waals surface area contributed by atoms with Gasteiger partial charge in [-0.3, -0.25) is 13.9 Å². The first-order valence-electron chi connectivity index (χ1n) is 15.3. The number of sulfonamides is 1. The molecule has 0 saturated carbocycles. The number of hydrogen-bond donors (Lipinski definition) is 1. The second-order valence-corrected chi connectivity index (χ2v) is 13.9. The number of rotatable bonds is 13. The molecule has 0 bridgehead atoms. The van der Waals surface area contributed by atoms with Crippen molar-refractivity contribution in [2.45, 2.75) is 58.5 Å². The molecule has 0 radical (unpaired) electrons. The van der Waals surface area contributed by atoms with Gasteiger partial charge in [-0.05, 0) is 73.2 Å². The van der Waals surface area contributed by atoms with Crippen molar-refractivity contribution >= 4 is 27.5 Å². The summed E-state index contributed by atoms with van der Waals surface area (Å²) >= 11 is 0. The minimum atomic E-state index is -4.15. The molecule has 7 nitrogen and oxygen atoms in total. The predicted octanol–water partition coefficient (Wildman–Crippen LogP) is 6.22. The highest BCUT2D eigenvalue weighted by molar-refractivity contribution is 7.92. The number of nitrogens with one attached hydrogen (secondary N) is 1. The van der Waals surface area contributed by atoms with Crippen LogP contribution in [0.25, 0.3) is 0 Å². The first-order valence-corrected chi connectivity index (χ1v) is 16.7. The fraction of sp³-hybridized carbons (Fsp3) is 0.297. The van der Waals surface area contributed by atoms with E-state index >= 15 is 0 Å². The summed E-state index contributed by atoms with van der Waals surface area (Å²) in [6.07, 6.45) is 0.275. The number of nitrogens with zero attached hydrogens (tertiary/aromatic N) is 2. The van der Waals surface area contributed by atoms with Gasteiger partial charge in [-0.2, -0.15) is 0 Å². The molecule has 0 aliphatic heterocycles. The van der Waals surface area contributed by atoms with Gasteiger partial charge in [0, 0.05) is 19.5 Å². The van der Waals surface area contributed by atoms with Crippen LogP contribution in [0.2, 0.25) is 0 Å². The van der Waals surface area contributed by atoms with E-state index in [2.05, 4.69) is 5.32 Å². The van der Waals surface area contributed by atoms with Crippen LogP contribution in [0.1, 0.15) is 41.7 Å². The van der Waals surface area contributed by atoms with Gasteiger partial charge in [-0.15, -0.1) is 0 Å². The van der Waals surface area contributed by atoms with Crippen LogP contribution < -0.4 is 9.62 Å². The Labute approximate surface area is 268 Å². The maximum Gasteiger partial charge on any atom is 0.264 e. The zero-order valence-electron chi connectivity index (χ0n) is 26.7. The van der Waals surface area contributed by atoms with Crippen LogP contribution in [0.5, 0.6) is 0 Å². The van der Waals surface area contributed by atoms with Crippen LogP contribution in [0.3, 0.4) is 0 Å². The standard InChI is InChI=1S/C37H43N3O4S/c1-27(2)24-38-37(42)35(23-31-12-8-6-9-13-31)39(25-32-14-10-7-11-15-32)36(41)26-40(33-21-29(4)20-30(5)22-33)45(43,44)34-18-16-28(3)17-19-34/h6-22,27,35H,23-26H2,1-5H3,(H,38,42)/t35-/m1/s1. The third-order valence-electron chi connectivity index (χ3n) is 7.53. The van der Waals surface area contributed by atoms with Crippen molar-refractivity contribution in [3.8, 4) is 0 Å². The number of aryl methyl sites for hydroxylation is 3. The minimum absolute atomic E-state index is 0.0881. The second kappa shape index (κ2) is 15.0. The molecule has 4 aromatic rings. The normalized spacial score (nSPS) is 12.0. The minimum Gasteiger partial charge on any atom is -0.354 e. The van der Waals surface area contributed by atoms with Crippen molar-refractivity contribution in [1.82, 2.24) is 10.2 Å². The average molecular weight is 626 g/mol. The predicted molar refractivity (Wildman–Crippen MR) is 180 cm³/mol. The van der Waals surface area contributed by atoms with Crippen molar-refractivity contribution in [2.75, 3.05) is 17.4 Å². The molecule has 4 aromatic carbocycles. The summed E-state index contributed by atoms with van der Waals surface area (Å²) in [7, 11) is -4.15. The lowest BCUT2D eigenvalue weighted by molar-refractivity contribution is -0.140. The summed E-state index contributed by atoms with van der Waals surface area (Å²) in [5, 5.41) is 3.02. The average Bonchev–Trinajstić information content (AvgIpc) is 3.01. The van der Waals surface area contributed by atoms with Crippen LogP contribution in [0, 0.1) is 26.7 Å². The fourth-order valence-electron chi connectivity index (χ4n) is 5.22. The first-order chi connectivity index (χ1) is 21.4. The zero-order valence-corrected chi connectivity index (χ0v) is 27.6. The molecular weight excluding hydrogens is 582 g/mol. The number of carbonyl (C=O) groups excluding carboxylic acids is 2. The number of amides is 2. The van der Waals surface area contributed by atoms with Gasteiger partial charge in [0.15, 0.2) is 0 Å². The van der Waals surface area contributed by atoms with Gasteiger partial charge < -0.3 is 10.2 Å². The third kappa shape index (κ3) is 9.05. The molecule has 236 valence electrons. The number of benzene rings is 4. The highest BCUT2D eigenvalue weighted by Gasteiger charge is 2.34. The van der Waals surface area contributed by atoms with Crippen molar-refractivity contribution < 1.29 is 18.0 Å². The van der Waals surface area contributed by atoms with E-state index in [1.807, 2.05) is 101 Å². The van der Waals surface area contributed by atoms with Gasteiger partial charge in [0.1, 0.15) is 12.6 Å². The molecule has 0 fully saturated rings. The van der Waals surface area contributed by atoms with E-state index < -0.39 is 28.5 Å². The number of hydrogen-bond acceptors (Lipinski definition) is 4. The molecule has 0 saturated heterocycles. The first kappa shape index (κ1) is 33.5. The van der Waals surface area contributed by atoms with Crippen LogP contribution in [0.15, 0.2) is 108 Å². The van der Waals surface area contributed by atoms with Crippen molar-refractivity contribution in [2.24, 2.45) is 5.92 Å². The molecule has 0 aliphatic carbocycles. The summed E-state index contributed by atoms with van der Waals surface area (Å²) in [5.74, 6) is -0.546. The lowest BCUT2D eigenvalue weighted by Gasteiger charge is -2.34. The van der Waals surface area contributed by atoms with E-state index in [-0.39, 0.29) is 29.7 Å². The molecule has 1 atom stereocenters. The van der Waals surface area contributed by atoms with E-state index in [1.54, 1.807) is 36.4 Å². The van der Waals surface area contributed by atoms with E-state index in [0.29, 0.717) is 12.2 Å². The van der Waals surface area contributed by atoms with Gasteiger partial charge >= 0.3 is 0 Å². The zero-order chi connectivity index (χ0) is 32.6.